The molecule has 0 bridgehead atoms. The van der Waals surface area contributed by atoms with Gasteiger partial charge in [-0.15, -0.1) is 0 Å². The summed E-state index contributed by atoms with van der Waals surface area (Å²) in [5.41, 5.74) is -0.608. The van der Waals surface area contributed by atoms with Crippen LogP contribution in [0.15, 0.2) is 12.4 Å². The van der Waals surface area contributed by atoms with E-state index >= 15 is 0 Å². The van der Waals surface area contributed by atoms with Crippen LogP contribution in [0.5, 0.6) is 0 Å². The summed E-state index contributed by atoms with van der Waals surface area (Å²) in [5, 5.41) is 15.3. The number of amides is 2. The van der Waals surface area contributed by atoms with Crippen molar-refractivity contribution in [2.75, 3.05) is 25.5 Å². The van der Waals surface area contributed by atoms with Crippen molar-refractivity contribution in [1.29, 1.82) is 0 Å². The predicted octanol–water partition coefficient (Wildman–Crippen LogP) is 1.12. The van der Waals surface area contributed by atoms with Gasteiger partial charge in [-0.05, 0) is 20.8 Å². The van der Waals surface area contributed by atoms with Gasteiger partial charge >= 0.3 is 18.0 Å². The molecule has 1 heterocycles. The number of carbonyl (C=O) groups excluding carboxylic acids is 2. The molecule has 0 aliphatic heterocycles. The van der Waals surface area contributed by atoms with E-state index in [0.717, 1.165) is 0 Å². The first kappa shape index (κ1) is 18.5. The first-order chi connectivity index (χ1) is 10.7. The number of hydrogen-bond acceptors (Lipinski definition) is 5. The number of nitrogens with zero attached hydrogens (tertiary/aromatic N) is 3. The van der Waals surface area contributed by atoms with Crippen LogP contribution in [0.3, 0.4) is 0 Å². The zero-order valence-corrected chi connectivity index (χ0v) is 13.7. The second-order valence-electron chi connectivity index (χ2n) is 5.45. The molecule has 0 saturated heterocycles. The molecule has 2 amide bonds. The Hall–Kier alpha value is -2.58. The van der Waals surface area contributed by atoms with E-state index in [1.807, 2.05) is 0 Å². The van der Waals surface area contributed by atoms with Crippen molar-refractivity contribution in [2.45, 2.75) is 32.7 Å². The summed E-state index contributed by atoms with van der Waals surface area (Å²) in [5.74, 6) is -1.41. The molecule has 0 unspecified atom stereocenters. The fraction of sp³-hybridized carbons (Fsp3) is 0.571. The number of carboxylic acid groups (broad SMARTS) is 1. The Morgan fingerprint density at radius 2 is 2.09 bits per heavy atom. The Morgan fingerprint density at radius 1 is 1.43 bits per heavy atom. The quantitative estimate of drug-likeness (QED) is 0.726. The number of urea groups is 1. The molecule has 9 heteroatoms. The third kappa shape index (κ3) is 4.97. The van der Waals surface area contributed by atoms with Gasteiger partial charge in [0.1, 0.15) is 0 Å². The molecule has 1 rings (SSSR count). The molecule has 128 valence electrons. The van der Waals surface area contributed by atoms with Crippen LogP contribution in [0.1, 0.15) is 27.2 Å². The van der Waals surface area contributed by atoms with E-state index in [2.05, 4.69) is 10.4 Å². The van der Waals surface area contributed by atoms with Crippen LogP contribution in [0.25, 0.3) is 0 Å². The number of hydrogen-bond donors (Lipinski definition) is 2. The highest BCUT2D eigenvalue weighted by atomic mass is 16.5. The maximum atomic E-state index is 11.9. The summed E-state index contributed by atoms with van der Waals surface area (Å²) in [6.07, 6.45) is 2.78. The van der Waals surface area contributed by atoms with E-state index < -0.39 is 23.5 Å². The van der Waals surface area contributed by atoms with Gasteiger partial charge in [-0.3, -0.25) is 9.48 Å². The molecule has 1 aromatic heterocycles. The second-order valence-corrected chi connectivity index (χ2v) is 5.45. The van der Waals surface area contributed by atoms with Gasteiger partial charge < -0.3 is 20.1 Å². The summed E-state index contributed by atoms with van der Waals surface area (Å²) in [6, 6.07) is -0.459. The Balaban J connectivity index is 2.71. The molecular weight excluding hydrogens is 304 g/mol. The van der Waals surface area contributed by atoms with Crippen LogP contribution in [-0.4, -0.2) is 58.0 Å². The lowest BCUT2D eigenvalue weighted by molar-refractivity contribution is -0.152. The van der Waals surface area contributed by atoms with E-state index in [9.17, 15) is 14.4 Å². The van der Waals surface area contributed by atoms with Crippen LogP contribution < -0.4 is 5.32 Å². The van der Waals surface area contributed by atoms with Crippen LogP contribution in [0, 0.1) is 0 Å². The minimum atomic E-state index is -1.01. The first-order valence-corrected chi connectivity index (χ1v) is 7.14. The number of carboxylic acids is 1. The molecule has 0 fully saturated rings. The van der Waals surface area contributed by atoms with Crippen LogP contribution in [-0.2, 0) is 19.9 Å². The van der Waals surface area contributed by atoms with Gasteiger partial charge in [0.2, 0.25) is 0 Å². The minimum Gasteiger partial charge on any atom is -0.481 e. The number of aliphatic carboxylic acids is 1. The monoisotopic (exact) mass is 326 g/mol. The summed E-state index contributed by atoms with van der Waals surface area (Å²) < 4.78 is 6.39. The number of ether oxygens (including phenoxy) is 1. The number of anilines is 1. The molecule has 0 aliphatic carbocycles. The van der Waals surface area contributed by atoms with Crippen molar-refractivity contribution >= 4 is 23.7 Å². The fourth-order valence-electron chi connectivity index (χ4n) is 1.68. The molecule has 1 aromatic rings. The molecule has 0 atom stereocenters. The number of esters is 1. The van der Waals surface area contributed by atoms with E-state index in [4.69, 9.17) is 9.84 Å². The Kier molecular flexibility index (Phi) is 6.11. The zero-order valence-electron chi connectivity index (χ0n) is 13.7. The van der Waals surface area contributed by atoms with Gasteiger partial charge in [0.05, 0.1) is 24.9 Å². The standard InChI is InChI=1S/C14H22N4O5/c1-5-23-12(21)14(2,3)18-9-10(8-15-18)16-13(22)17(4)7-6-11(19)20/h8-9H,5-7H2,1-4H3,(H,16,22)(H,19,20). The maximum Gasteiger partial charge on any atom is 0.333 e. The Labute approximate surface area is 134 Å². The third-order valence-electron chi connectivity index (χ3n) is 3.19. The van der Waals surface area contributed by atoms with Crippen LogP contribution in [0.4, 0.5) is 10.5 Å². The predicted molar refractivity (Wildman–Crippen MR) is 82.1 cm³/mol. The fourth-order valence-corrected chi connectivity index (χ4v) is 1.68. The van der Waals surface area contributed by atoms with Crippen molar-refractivity contribution in [2.24, 2.45) is 0 Å². The highest BCUT2D eigenvalue weighted by Crippen LogP contribution is 2.19. The Bertz CT molecular complexity index is 581. The zero-order chi connectivity index (χ0) is 17.6. The largest absolute Gasteiger partial charge is 0.481 e. The molecular formula is C14H22N4O5. The Morgan fingerprint density at radius 3 is 2.65 bits per heavy atom. The van der Waals surface area contributed by atoms with Gasteiger partial charge in [0.15, 0.2) is 5.54 Å². The average Bonchev–Trinajstić information content (AvgIpc) is 2.94. The van der Waals surface area contributed by atoms with Crippen molar-refractivity contribution in [3.8, 4) is 0 Å². The van der Waals surface area contributed by atoms with Crippen molar-refractivity contribution in [3.63, 3.8) is 0 Å². The minimum absolute atomic E-state index is 0.0869. The molecule has 23 heavy (non-hydrogen) atoms. The van der Waals surface area contributed by atoms with Crippen molar-refractivity contribution in [1.82, 2.24) is 14.7 Å². The highest BCUT2D eigenvalue weighted by Gasteiger charge is 2.32. The van der Waals surface area contributed by atoms with Gasteiger partial charge in [-0.2, -0.15) is 5.10 Å². The average molecular weight is 326 g/mol. The second kappa shape index (κ2) is 7.61. The van der Waals surface area contributed by atoms with Gasteiger partial charge in [-0.25, -0.2) is 9.59 Å². The van der Waals surface area contributed by atoms with Gasteiger partial charge in [0.25, 0.3) is 0 Å². The van der Waals surface area contributed by atoms with Gasteiger partial charge in [0, 0.05) is 19.8 Å². The van der Waals surface area contributed by atoms with Crippen LogP contribution >= 0.6 is 0 Å². The van der Waals surface area contributed by atoms with E-state index in [-0.39, 0.29) is 19.6 Å². The van der Waals surface area contributed by atoms with Crippen molar-refractivity contribution < 1.29 is 24.2 Å². The van der Waals surface area contributed by atoms with E-state index in [1.54, 1.807) is 20.8 Å². The number of rotatable bonds is 7. The lowest BCUT2D eigenvalue weighted by atomic mass is 10.1. The van der Waals surface area contributed by atoms with Crippen LogP contribution in [0.2, 0.25) is 0 Å². The van der Waals surface area contributed by atoms with Gasteiger partial charge in [-0.1, -0.05) is 0 Å². The SMILES string of the molecule is CCOC(=O)C(C)(C)n1cc(NC(=O)N(C)CCC(=O)O)cn1. The highest BCUT2D eigenvalue weighted by molar-refractivity contribution is 5.89. The van der Waals surface area contributed by atoms with Crippen molar-refractivity contribution in [3.05, 3.63) is 12.4 Å². The number of aromatic nitrogens is 2. The summed E-state index contributed by atoms with van der Waals surface area (Å²) in [7, 11) is 1.49. The third-order valence-corrected chi connectivity index (χ3v) is 3.19. The smallest absolute Gasteiger partial charge is 0.333 e. The lowest BCUT2D eigenvalue weighted by Gasteiger charge is -2.22. The molecule has 0 radical (unpaired) electrons. The summed E-state index contributed by atoms with van der Waals surface area (Å²) in [6.45, 7) is 5.38. The number of carbonyl (C=O) groups is 3. The lowest BCUT2D eigenvalue weighted by Crippen LogP contribution is -2.37. The molecule has 0 spiro atoms. The van der Waals surface area contributed by atoms with E-state index in [1.165, 1.54) is 29.0 Å². The van der Waals surface area contributed by atoms with E-state index in [0.29, 0.717) is 5.69 Å². The molecule has 2 N–H and O–H groups in total. The number of nitrogens with one attached hydrogen (secondary N) is 1. The summed E-state index contributed by atoms with van der Waals surface area (Å²) >= 11 is 0. The topological polar surface area (TPSA) is 114 Å². The molecule has 9 nitrogen and oxygen atoms in total. The molecule has 0 aliphatic rings. The molecule has 0 saturated carbocycles. The maximum absolute atomic E-state index is 11.9. The normalized spacial score (nSPS) is 11.0. The summed E-state index contributed by atoms with van der Waals surface area (Å²) in [4.78, 5) is 35.6. The molecule has 0 aromatic carbocycles. The first-order valence-electron chi connectivity index (χ1n) is 7.14.